The van der Waals surface area contributed by atoms with E-state index in [2.05, 4.69) is 4.18 Å². The van der Waals surface area contributed by atoms with E-state index in [0.717, 1.165) is 16.9 Å². The fourth-order valence-corrected chi connectivity index (χ4v) is 5.22. The molecule has 33 heavy (non-hydrogen) atoms. The first-order chi connectivity index (χ1) is 15.6. The van der Waals surface area contributed by atoms with Crippen LogP contribution in [0.25, 0.3) is 10.8 Å². The number of carbonyl (C=O) groups excluding carboxylic acids is 4. The molecule has 0 bridgehead atoms. The molecule has 166 valence electrons. The number of benzene rings is 3. The van der Waals surface area contributed by atoms with Gasteiger partial charge in [0.15, 0.2) is 0 Å². The van der Waals surface area contributed by atoms with Crippen molar-refractivity contribution < 1.29 is 31.8 Å². The summed E-state index contributed by atoms with van der Waals surface area (Å²) >= 11 is 0. The summed E-state index contributed by atoms with van der Waals surface area (Å²) in [5.41, 5.74) is 1.16. The highest BCUT2D eigenvalue weighted by Gasteiger charge is 2.39. The van der Waals surface area contributed by atoms with Gasteiger partial charge in [-0.2, -0.15) is 8.42 Å². The van der Waals surface area contributed by atoms with Gasteiger partial charge in [-0.3, -0.25) is 28.3 Å². The zero-order valence-electron chi connectivity index (χ0n) is 17.7. The van der Waals surface area contributed by atoms with E-state index in [4.69, 9.17) is 0 Å². The van der Waals surface area contributed by atoms with E-state index in [9.17, 15) is 27.6 Å². The lowest BCUT2D eigenvalue weighted by molar-refractivity contribution is 0.0649. The molecule has 0 unspecified atom stereocenters. The van der Waals surface area contributed by atoms with E-state index in [1.54, 1.807) is 6.92 Å². The average molecular weight is 464 g/mol. The van der Waals surface area contributed by atoms with Gasteiger partial charge in [0.05, 0.1) is 17.7 Å². The largest absolute Gasteiger partial charge is 0.297 e. The molecule has 0 saturated carbocycles. The van der Waals surface area contributed by atoms with E-state index in [1.807, 2.05) is 0 Å². The highest BCUT2D eigenvalue weighted by Crippen LogP contribution is 2.39. The fourth-order valence-electron chi connectivity index (χ4n) is 4.32. The zero-order chi connectivity index (χ0) is 23.8. The summed E-state index contributed by atoms with van der Waals surface area (Å²) < 4.78 is 29.2. The normalized spacial score (nSPS) is 15.6. The fraction of sp³-hybridized carbons (Fsp3) is 0.130. The summed E-state index contributed by atoms with van der Waals surface area (Å²) in [6, 6.07) is 9.95. The summed E-state index contributed by atoms with van der Waals surface area (Å²) in [5.74, 6) is -2.43. The van der Waals surface area contributed by atoms with Crippen LogP contribution in [0.1, 0.15) is 47.0 Å². The van der Waals surface area contributed by atoms with Gasteiger partial charge in [0, 0.05) is 40.1 Å². The minimum absolute atomic E-state index is 0.0529. The van der Waals surface area contributed by atoms with Crippen LogP contribution in [0.15, 0.2) is 47.4 Å². The Morgan fingerprint density at radius 3 is 1.64 bits per heavy atom. The van der Waals surface area contributed by atoms with Crippen LogP contribution in [0, 0.1) is 6.92 Å². The number of anilines is 1. The maximum Gasteiger partial charge on any atom is 0.297 e. The van der Waals surface area contributed by atoms with Gasteiger partial charge in [0.1, 0.15) is 0 Å². The average Bonchev–Trinajstić information content (AvgIpc) is 2.80. The van der Waals surface area contributed by atoms with Gasteiger partial charge >= 0.3 is 0 Å². The van der Waals surface area contributed by atoms with Gasteiger partial charge in [0.25, 0.3) is 33.7 Å². The standard InChI is InChI=1S/C23H16N2O7S/c1-11-4-5-12(10-17(11)33(30,31)32-3)25-22(28)15-8-6-13-18-14(21(27)24(2)20(13)26)7-9-16(19(15)18)23(25)29/h4-10H,1-3H3. The molecule has 0 fully saturated rings. The minimum Gasteiger partial charge on any atom is -0.277 e. The monoisotopic (exact) mass is 464 g/mol. The molecule has 2 aliphatic rings. The van der Waals surface area contributed by atoms with Crippen LogP contribution in [0.4, 0.5) is 5.69 Å². The lowest BCUT2D eigenvalue weighted by atomic mass is 9.86. The molecule has 2 heterocycles. The van der Waals surface area contributed by atoms with Crippen molar-refractivity contribution in [2.45, 2.75) is 11.8 Å². The molecule has 0 saturated heterocycles. The predicted octanol–water partition coefficient (Wildman–Crippen LogP) is 2.51. The molecule has 0 aliphatic carbocycles. The summed E-state index contributed by atoms with van der Waals surface area (Å²) in [6.07, 6.45) is 0. The van der Waals surface area contributed by atoms with Crippen LogP contribution in [-0.4, -0.2) is 51.1 Å². The second kappa shape index (κ2) is 6.80. The molecule has 5 rings (SSSR count). The summed E-state index contributed by atoms with van der Waals surface area (Å²) in [4.78, 5) is 53.8. The van der Waals surface area contributed by atoms with E-state index >= 15 is 0 Å². The Hall–Kier alpha value is -3.89. The second-order valence-electron chi connectivity index (χ2n) is 7.76. The van der Waals surface area contributed by atoms with Crippen molar-refractivity contribution >= 4 is 50.2 Å². The lowest BCUT2D eigenvalue weighted by Crippen LogP contribution is -2.42. The van der Waals surface area contributed by atoms with Gasteiger partial charge in [0.2, 0.25) is 0 Å². The van der Waals surface area contributed by atoms with E-state index in [1.165, 1.54) is 49.5 Å². The van der Waals surface area contributed by atoms with Crippen molar-refractivity contribution in [3.05, 3.63) is 70.3 Å². The van der Waals surface area contributed by atoms with Crippen molar-refractivity contribution in [2.24, 2.45) is 0 Å². The van der Waals surface area contributed by atoms with Crippen LogP contribution >= 0.6 is 0 Å². The van der Waals surface area contributed by atoms with Gasteiger partial charge in [-0.1, -0.05) is 6.07 Å². The third kappa shape index (κ3) is 2.71. The maximum atomic E-state index is 13.4. The minimum atomic E-state index is -4.08. The van der Waals surface area contributed by atoms with Gasteiger partial charge in [-0.05, 0) is 48.9 Å². The van der Waals surface area contributed by atoms with Gasteiger partial charge < -0.3 is 0 Å². The first-order valence-corrected chi connectivity index (χ1v) is 11.2. The number of hydrogen-bond donors (Lipinski definition) is 0. The molecular formula is C23H16N2O7S. The van der Waals surface area contributed by atoms with Gasteiger partial charge in [-0.25, -0.2) is 4.90 Å². The Labute approximate surface area is 188 Å². The summed E-state index contributed by atoms with van der Waals surface area (Å²) in [6.45, 7) is 1.57. The topological polar surface area (TPSA) is 118 Å². The Morgan fingerprint density at radius 2 is 1.18 bits per heavy atom. The number of carbonyl (C=O) groups is 4. The van der Waals surface area contributed by atoms with Crippen LogP contribution in [0.2, 0.25) is 0 Å². The molecule has 3 aromatic carbocycles. The molecule has 2 aliphatic heterocycles. The highest BCUT2D eigenvalue weighted by atomic mass is 32.2. The van der Waals surface area contributed by atoms with Crippen molar-refractivity contribution in [2.75, 3.05) is 19.1 Å². The third-order valence-electron chi connectivity index (χ3n) is 6.02. The van der Waals surface area contributed by atoms with Crippen LogP contribution in [0.5, 0.6) is 0 Å². The Kier molecular flexibility index (Phi) is 4.33. The Bertz CT molecular complexity index is 1500. The highest BCUT2D eigenvalue weighted by molar-refractivity contribution is 7.86. The van der Waals surface area contributed by atoms with Crippen LogP contribution < -0.4 is 4.90 Å². The predicted molar refractivity (Wildman–Crippen MR) is 117 cm³/mol. The zero-order valence-corrected chi connectivity index (χ0v) is 18.5. The molecule has 0 aromatic heterocycles. The molecule has 3 aromatic rings. The first kappa shape index (κ1) is 21.0. The molecule has 9 nitrogen and oxygen atoms in total. The summed E-state index contributed by atoms with van der Waals surface area (Å²) in [7, 11) is -1.69. The molecule has 0 atom stereocenters. The van der Waals surface area contributed by atoms with E-state index in [0.29, 0.717) is 5.56 Å². The van der Waals surface area contributed by atoms with Crippen LogP contribution in [0.3, 0.4) is 0 Å². The van der Waals surface area contributed by atoms with Crippen molar-refractivity contribution in [3.8, 4) is 0 Å². The van der Waals surface area contributed by atoms with E-state index in [-0.39, 0.29) is 43.6 Å². The molecule has 10 heteroatoms. The van der Waals surface area contributed by atoms with Crippen molar-refractivity contribution in [3.63, 3.8) is 0 Å². The van der Waals surface area contributed by atoms with Gasteiger partial charge in [-0.15, -0.1) is 0 Å². The molecule has 0 radical (unpaired) electrons. The molecule has 4 amide bonds. The van der Waals surface area contributed by atoms with Crippen LogP contribution in [-0.2, 0) is 14.3 Å². The van der Waals surface area contributed by atoms with Crippen molar-refractivity contribution in [1.82, 2.24) is 4.90 Å². The number of aryl methyl sites for hydroxylation is 1. The number of rotatable bonds is 3. The van der Waals surface area contributed by atoms with Crippen molar-refractivity contribution in [1.29, 1.82) is 0 Å². The Morgan fingerprint density at radius 1 is 0.727 bits per heavy atom. The number of imide groups is 2. The number of nitrogens with zero attached hydrogens (tertiary/aromatic N) is 2. The lowest BCUT2D eigenvalue weighted by Gasteiger charge is -2.31. The quantitative estimate of drug-likeness (QED) is 0.432. The number of amides is 4. The maximum absolute atomic E-state index is 13.4. The first-order valence-electron chi connectivity index (χ1n) is 9.80. The SMILES string of the molecule is COS(=O)(=O)c1cc(N2C(=O)c3ccc4c5c(ccc(c35)C2=O)C(=O)N(C)C4=O)ccc1C. The smallest absolute Gasteiger partial charge is 0.277 e. The molecule has 0 spiro atoms. The molecular weight excluding hydrogens is 448 g/mol. The molecule has 0 N–H and O–H groups in total. The second-order valence-corrected chi connectivity index (χ2v) is 9.44. The third-order valence-corrected chi connectivity index (χ3v) is 7.43. The summed E-state index contributed by atoms with van der Waals surface area (Å²) in [5, 5.41) is 0.508. The van der Waals surface area contributed by atoms with E-state index < -0.39 is 33.7 Å². The Balaban J connectivity index is 1.75. The number of hydrogen-bond acceptors (Lipinski definition) is 7.